The molecule has 0 saturated carbocycles. The van der Waals surface area contributed by atoms with Crippen LogP contribution in [0.1, 0.15) is 22.0 Å². The highest BCUT2D eigenvalue weighted by molar-refractivity contribution is 6.01. The van der Waals surface area contributed by atoms with Crippen molar-refractivity contribution in [2.24, 2.45) is 0 Å². The van der Waals surface area contributed by atoms with E-state index in [-0.39, 0.29) is 35.3 Å². The highest BCUT2D eigenvalue weighted by atomic mass is 19.1. The molecule has 9 heteroatoms. The Balaban J connectivity index is 1.79. The first-order chi connectivity index (χ1) is 13.5. The molecule has 0 spiro atoms. The summed E-state index contributed by atoms with van der Waals surface area (Å²) in [5.41, 5.74) is 6.05. The van der Waals surface area contributed by atoms with Gasteiger partial charge in [0.2, 0.25) is 0 Å². The second-order valence-corrected chi connectivity index (χ2v) is 6.42. The fraction of sp³-hybridized carbons (Fsp3) is 0.316. The summed E-state index contributed by atoms with van der Waals surface area (Å²) in [6.45, 7) is 2.60. The molecule has 1 heterocycles. The van der Waals surface area contributed by atoms with Crippen molar-refractivity contribution in [2.45, 2.75) is 6.04 Å². The topological polar surface area (TPSA) is 111 Å². The van der Waals surface area contributed by atoms with Gasteiger partial charge in [-0.1, -0.05) is 18.2 Å². The first kappa shape index (κ1) is 19.7. The van der Waals surface area contributed by atoms with Crippen molar-refractivity contribution < 1.29 is 18.8 Å². The predicted molar refractivity (Wildman–Crippen MR) is 101 cm³/mol. The summed E-state index contributed by atoms with van der Waals surface area (Å²) in [5.74, 6) is -0.874. The molecule has 1 atom stereocenters. The van der Waals surface area contributed by atoms with E-state index in [0.29, 0.717) is 26.3 Å². The molecule has 1 amide bonds. The van der Waals surface area contributed by atoms with Crippen LogP contribution in [-0.2, 0) is 4.74 Å². The standard InChI is InChI=1S/C19H21FN4O4/c20-14-4-1-3-13(11-14)17(23-7-9-28-10-8-23)12-22-19(25)15-5-2-6-16(18(15)21)24(26)27/h1-6,11,17H,7-10,12,21H2,(H,22,25). The van der Waals surface area contributed by atoms with Crippen LogP contribution in [0, 0.1) is 15.9 Å². The van der Waals surface area contributed by atoms with Gasteiger partial charge in [-0.15, -0.1) is 0 Å². The lowest BCUT2D eigenvalue weighted by molar-refractivity contribution is -0.383. The van der Waals surface area contributed by atoms with Crippen LogP contribution < -0.4 is 11.1 Å². The molecule has 1 unspecified atom stereocenters. The van der Waals surface area contributed by atoms with Crippen molar-refractivity contribution in [3.8, 4) is 0 Å². The molecule has 2 aromatic carbocycles. The van der Waals surface area contributed by atoms with E-state index >= 15 is 0 Å². The van der Waals surface area contributed by atoms with Crippen molar-refractivity contribution in [1.82, 2.24) is 10.2 Å². The maximum atomic E-state index is 13.7. The molecule has 1 saturated heterocycles. The Hall–Kier alpha value is -3.04. The van der Waals surface area contributed by atoms with Crippen LogP contribution in [0.15, 0.2) is 42.5 Å². The number of nitro benzene ring substituents is 1. The molecule has 148 valence electrons. The molecular formula is C19H21FN4O4. The largest absolute Gasteiger partial charge is 0.393 e. The summed E-state index contributed by atoms with van der Waals surface area (Å²) in [6.07, 6.45) is 0. The summed E-state index contributed by atoms with van der Waals surface area (Å²) in [7, 11) is 0. The molecule has 0 bridgehead atoms. The van der Waals surface area contributed by atoms with Gasteiger partial charge in [-0.3, -0.25) is 19.8 Å². The predicted octanol–water partition coefficient (Wildman–Crippen LogP) is 2.12. The van der Waals surface area contributed by atoms with E-state index in [9.17, 15) is 19.3 Å². The summed E-state index contributed by atoms with van der Waals surface area (Å²) in [6, 6.07) is 10.1. The number of para-hydroxylation sites is 1. The molecule has 0 aliphatic carbocycles. The molecule has 1 fully saturated rings. The third kappa shape index (κ3) is 4.44. The summed E-state index contributed by atoms with van der Waals surface area (Å²) in [5, 5.41) is 13.8. The van der Waals surface area contributed by atoms with E-state index in [0.717, 1.165) is 5.56 Å². The van der Waals surface area contributed by atoms with Crippen LogP contribution in [0.5, 0.6) is 0 Å². The van der Waals surface area contributed by atoms with Crippen molar-refractivity contribution in [2.75, 3.05) is 38.6 Å². The summed E-state index contributed by atoms with van der Waals surface area (Å²) in [4.78, 5) is 25.1. The molecule has 8 nitrogen and oxygen atoms in total. The second-order valence-electron chi connectivity index (χ2n) is 6.42. The molecule has 0 radical (unpaired) electrons. The fourth-order valence-corrected chi connectivity index (χ4v) is 3.26. The van der Waals surface area contributed by atoms with Gasteiger partial charge >= 0.3 is 0 Å². The second kappa shape index (κ2) is 8.77. The van der Waals surface area contributed by atoms with Crippen molar-refractivity contribution in [1.29, 1.82) is 0 Å². The lowest BCUT2D eigenvalue weighted by Crippen LogP contribution is -2.44. The number of nitro groups is 1. The quantitative estimate of drug-likeness (QED) is 0.446. The Morgan fingerprint density at radius 2 is 2.00 bits per heavy atom. The molecular weight excluding hydrogens is 367 g/mol. The number of nitrogens with zero attached hydrogens (tertiary/aromatic N) is 2. The molecule has 28 heavy (non-hydrogen) atoms. The number of rotatable bonds is 6. The lowest BCUT2D eigenvalue weighted by atomic mass is 10.0. The Kier molecular flexibility index (Phi) is 6.17. The first-order valence-corrected chi connectivity index (χ1v) is 8.85. The van der Waals surface area contributed by atoms with Gasteiger partial charge in [0.05, 0.1) is 29.7 Å². The van der Waals surface area contributed by atoms with Crippen LogP contribution in [0.25, 0.3) is 0 Å². The van der Waals surface area contributed by atoms with E-state index in [2.05, 4.69) is 10.2 Å². The maximum absolute atomic E-state index is 13.7. The number of morpholine rings is 1. The van der Waals surface area contributed by atoms with E-state index in [1.54, 1.807) is 12.1 Å². The van der Waals surface area contributed by atoms with Gasteiger partial charge in [0.15, 0.2) is 0 Å². The third-order valence-corrected chi connectivity index (χ3v) is 4.70. The number of ether oxygens (including phenoxy) is 1. The Morgan fingerprint density at radius 1 is 1.29 bits per heavy atom. The number of carbonyl (C=O) groups excluding carboxylic acids is 1. The number of anilines is 1. The number of nitrogens with two attached hydrogens (primary N) is 1. The normalized spacial score (nSPS) is 15.8. The van der Waals surface area contributed by atoms with Crippen LogP contribution in [-0.4, -0.2) is 48.6 Å². The third-order valence-electron chi connectivity index (χ3n) is 4.70. The number of nitrogens with one attached hydrogen (secondary N) is 1. The van der Waals surface area contributed by atoms with Crippen LogP contribution >= 0.6 is 0 Å². The number of carbonyl (C=O) groups is 1. The zero-order chi connectivity index (χ0) is 20.1. The zero-order valence-corrected chi connectivity index (χ0v) is 15.1. The van der Waals surface area contributed by atoms with E-state index < -0.39 is 10.8 Å². The zero-order valence-electron chi connectivity index (χ0n) is 15.1. The maximum Gasteiger partial charge on any atom is 0.292 e. The van der Waals surface area contributed by atoms with Gasteiger partial charge in [-0.25, -0.2) is 4.39 Å². The molecule has 3 rings (SSSR count). The van der Waals surface area contributed by atoms with Crippen molar-refractivity contribution in [3.05, 3.63) is 69.5 Å². The highest BCUT2D eigenvalue weighted by Crippen LogP contribution is 2.26. The molecule has 0 aromatic heterocycles. The van der Waals surface area contributed by atoms with E-state index in [4.69, 9.17) is 10.5 Å². The van der Waals surface area contributed by atoms with Crippen LogP contribution in [0.2, 0.25) is 0 Å². The average Bonchev–Trinajstić information content (AvgIpc) is 2.69. The molecule has 3 N–H and O–H groups in total. The van der Waals surface area contributed by atoms with E-state index in [1.807, 2.05) is 0 Å². The monoisotopic (exact) mass is 388 g/mol. The summed E-state index contributed by atoms with van der Waals surface area (Å²) >= 11 is 0. The Bertz CT molecular complexity index is 871. The van der Waals surface area contributed by atoms with Gasteiger partial charge in [0.1, 0.15) is 11.5 Å². The minimum Gasteiger partial charge on any atom is -0.393 e. The highest BCUT2D eigenvalue weighted by Gasteiger charge is 2.25. The number of amides is 1. The van der Waals surface area contributed by atoms with Crippen molar-refractivity contribution >= 4 is 17.3 Å². The SMILES string of the molecule is Nc1c(C(=O)NCC(c2cccc(F)c2)N2CCOCC2)cccc1[N+](=O)[O-]. The minimum atomic E-state index is -0.630. The molecule has 1 aliphatic rings. The fourth-order valence-electron chi connectivity index (χ4n) is 3.26. The number of benzene rings is 2. The van der Waals surface area contributed by atoms with E-state index in [1.165, 1.54) is 30.3 Å². The number of nitrogen functional groups attached to an aromatic ring is 1. The molecule has 2 aromatic rings. The van der Waals surface area contributed by atoms with Crippen LogP contribution in [0.4, 0.5) is 15.8 Å². The van der Waals surface area contributed by atoms with Crippen molar-refractivity contribution in [3.63, 3.8) is 0 Å². The van der Waals surface area contributed by atoms with Gasteiger partial charge in [-0.05, 0) is 23.8 Å². The minimum absolute atomic E-state index is 0.0363. The van der Waals surface area contributed by atoms with Gasteiger partial charge in [0, 0.05) is 25.7 Å². The smallest absolute Gasteiger partial charge is 0.292 e. The number of hydrogen-bond acceptors (Lipinski definition) is 6. The van der Waals surface area contributed by atoms with Gasteiger partial charge in [-0.2, -0.15) is 0 Å². The Morgan fingerprint density at radius 3 is 2.68 bits per heavy atom. The first-order valence-electron chi connectivity index (χ1n) is 8.85. The summed E-state index contributed by atoms with van der Waals surface area (Å²) < 4.78 is 19.1. The number of hydrogen-bond donors (Lipinski definition) is 2. The lowest BCUT2D eigenvalue weighted by Gasteiger charge is -2.35. The number of halogens is 1. The van der Waals surface area contributed by atoms with Gasteiger partial charge < -0.3 is 15.8 Å². The Labute approximate surface area is 161 Å². The van der Waals surface area contributed by atoms with Gasteiger partial charge in [0.25, 0.3) is 11.6 Å². The molecule has 1 aliphatic heterocycles. The average molecular weight is 388 g/mol. The van der Waals surface area contributed by atoms with Crippen LogP contribution in [0.3, 0.4) is 0 Å².